The SMILES string of the molecule is O=C=C/C=C/Br. The van der Waals surface area contributed by atoms with Crippen molar-refractivity contribution in [2.24, 2.45) is 0 Å². The molecule has 0 amide bonds. The number of rotatable bonds is 1. The molecule has 0 saturated heterocycles. The van der Waals surface area contributed by atoms with Crippen molar-refractivity contribution in [2.45, 2.75) is 0 Å². The van der Waals surface area contributed by atoms with Crippen LogP contribution >= 0.6 is 15.9 Å². The van der Waals surface area contributed by atoms with Gasteiger partial charge in [0.2, 0.25) is 0 Å². The largest absolute Gasteiger partial charge is 0.234 e. The predicted molar refractivity (Wildman–Crippen MR) is 28.3 cm³/mol. The van der Waals surface area contributed by atoms with Gasteiger partial charge < -0.3 is 0 Å². The molecule has 6 heavy (non-hydrogen) atoms. The molecule has 2 heteroatoms. The number of hydrogen-bond donors (Lipinski definition) is 0. The van der Waals surface area contributed by atoms with Crippen LogP contribution in [-0.4, -0.2) is 5.94 Å². The maximum atomic E-state index is 9.31. The Morgan fingerprint density at radius 3 is 2.50 bits per heavy atom. The summed E-state index contributed by atoms with van der Waals surface area (Å²) < 4.78 is 0. The zero-order valence-electron chi connectivity index (χ0n) is 3.02. The van der Waals surface area contributed by atoms with E-state index in [2.05, 4.69) is 15.9 Å². The molecule has 0 radical (unpaired) electrons. The normalized spacial score (nSPS) is 8.17. The first-order chi connectivity index (χ1) is 2.91. The molecule has 0 aromatic rings. The van der Waals surface area contributed by atoms with Gasteiger partial charge in [0.1, 0.15) is 5.94 Å². The van der Waals surface area contributed by atoms with Gasteiger partial charge in [-0.2, -0.15) is 0 Å². The van der Waals surface area contributed by atoms with Crippen LogP contribution in [0.5, 0.6) is 0 Å². The Morgan fingerprint density at radius 1 is 1.67 bits per heavy atom. The average molecular weight is 147 g/mol. The van der Waals surface area contributed by atoms with Crippen LogP contribution in [0, 0.1) is 0 Å². The highest BCUT2D eigenvalue weighted by molar-refractivity contribution is 9.11. The van der Waals surface area contributed by atoms with E-state index in [0.29, 0.717) is 0 Å². The molecule has 0 unspecified atom stereocenters. The fourth-order valence-corrected chi connectivity index (χ4v) is 0.228. The first kappa shape index (κ1) is 5.67. The van der Waals surface area contributed by atoms with Gasteiger partial charge in [0.25, 0.3) is 0 Å². The number of carbonyl (C=O) groups excluding carboxylic acids is 1. The van der Waals surface area contributed by atoms with Crippen LogP contribution in [0.3, 0.4) is 0 Å². The zero-order chi connectivity index (χ0) is 4.83. The molecule has 0 heterocycles. The third kappa shape index (κ3) is 3.67. The molecule has 0 atom stereocenters. The lowest BCUT2D eigenvalue weighted by Crippen LogP contribution is -1.41. The van der Waals surface area contributed by atoms with E-state index < -0.39 is 0 Å². The lowest BCUT2D eigenvalue weighted by atomic mass is 10.6. The van der Waals surface area contributed by atoms with Crippen molar-refractivity contribution in [3.63, 3.8) is 0 Å². The third-order valence-electron chi connectivity index (χ3n) is 0.237. The highest BCUT2D eigenvalue weighted by Gasteiger charge is 1.51. The van der Waals surface area contributed by atoms with Gasteiger partial charge in [0.05, 0.1) is 0 Å². The van der Waals surface area contributed by atoms with Crippen molar-refractivity contribution in [3.8, 4) is 0 Å². The molecule has 0 aromatic heterocycles. The van der Waals surface area contributed by atoms with Crippen molar-refractivity contribution in [1.82, 2.24) is 0 Å². The topological polar surface area (TPSA) is 17.1 Å². The average Bonchev–Trinajstić information content (AvgIpc) is 1.61. The number of hydrogen-bond acceptors (Lipinski definition) is 1. The van der Waals surface area contributed by atoms with E-state index in [9.17, 15) is 4.79 Å². The molecule has 32 valence electrons. The minimum absolute atomic E-state index is 1.27. The summed E-state index contributed by atoms with van der Waals surface area (Å²) in [7, 11) is 0. The summed E-state index contributed by atoms with van der Waals surface area (Å²) in [5.74, 6) is 1.58. The van der Waals surface area contributed by atoms with Gasteiger partial charge in [0, 0.05) is 6.08 Å². The van der Waals surface area contributed by atoms with Gasteiger partial charge in [-0.3, -0.25) is 0 Å². The minimum atomic E-state index is 1.27. The summed E-state index contributed by atoms with van der Waals surface area (Å²) in [4.78, 5) is 10.9. The Bertz CT molecular complexity index is 89.7. The van der Waals surface area contributed by atoms with E-state index in [1.807, 2.05) is 0 Å². The highest BCUT2D eigenvalue weighted by Crippen LogP contribution is 1.79. The molecule has 0 rings (SSSR count). The van der Waals surface area contributed by atoms with Gasteiger partial charge in [-0.1, -0.05) is 15.9 Å². The Labute approximate surface area is 44.5 Å². The van der Waals surface area contributed by atoms with Crippen LogP contribution in [-0.2, 0) is 4.79 Å². The Balaban J connectivity index is 3.33. The molecule has 0 bridgehead atoms. The summed E-state index contributed by atoms with van der Waals surface area (Å²) >= 11 is 2.96. The van der Waals surface area contributed by atoms with Crippen molar-refractivity contribution in [3.05, 3.63) is 17.1 Å². The van der Waals surface area contributed by atoms with Gasteiger partial charge in [0.15, 0.2) is 0 Å². The minimum Gasteiger partial charge on any atom is -0.234 e. The van der Waals surface area contributed by atoms with Crippen LogP contribution in [0.1, 0.15) is 0 Å². The molecule has 0 aromatic carbocycles. The Morgan fingerprint density at radius 2 is 2.33 bits per heavy atom. The third-order valence-corrected chi connectivity index (χ3v) is 0.542. The predicted octanol–water partition coefficient (Wildman–Crippen LogP) is 1.28. The second kappa shape index (κ2) is 4.67. The molecule has 0 aliphatic heterocycles. The summed E-state index contributed by atoms with van der Waals surface area (Å²) in [6.07, 6.45) is 2.82. The van der Waals surface area contributed by atoms with Crippen LogP contribution in [0.25, 0.3) is 0 Å². The Kier molecular flexibility index (Phi) is 4.41. The molecule has 0 aliphatic rings. The van der Waals surface area contributed by atoms with Crippen molar-refractivity contribution in [2.75, 3.05) is 0 Å². The molecule has 0 N–H and O–H groups in total. The van der Waals surface area contributed by atoms with Crippen LogP contribution in [0.4, 0.5) is 0 Å². The van der Waals surface area contributed by atoms with E-state index in [4.69, 9.17) is 0 Å². The van der Waals surface area contributed by atoms with Crippen LogP contribution in [0.15, 0.2) is 17.1 Å². The maximum Gasteiger partial charge on any atom is 0.124 e. The van der Waals surface area contributed by atoms with Gasteiger partial charge >= 0.3 is 0 Å². The van der Waals surface area contributed by atoms with Crippen LogP contribution < -0.4 is 0 Å². The fraction of sp³-hybridized carbons (Fsp3) is 0. The zero-order valence-corrected chi connectivity index (χ0v) is 4.60. The first-order valence-electron chi connectivity index (χ1n) is 1.38. The maximum absolute atomic E-state index is 9.31. The molecular formula is C4H3BrO. The quantitative estimate of drug-likeness (QED) is 0.403. The van der Waals surface area contributed by atoms with E-state index in [1.165, 1.54) is 6.08 Å². The standard InChI is InChI=1S/C4H3BrO/c5-3-1-2-4-6/h1-3H/b3-1+. The fourth-order valence-electron chi connectivity index (χ4n) is 0.0757. The summed E-state index contributed by atoms with van der Waals surface area (Å²) in [6, 6.07) is 0. The monoisotopic (exact) mass is 146 g/mol. The van der Waals surface area contributed by atoms with E-state index in [-0.39, 0.29) is 0 Å². The van der Waals surface area contributed by atoms with E-state index in [0.717, 1.165) is 0 Å². The van der Waals surface area contributed by atoms with E-state index in [1.54, 1.807) is 17.0 Å². The van der Waals surface area contributed by atoms with Gasteiger partial charge in [-0.25, -0.2) is 4.79 Å². The van der Waals surface area contributed by atoms with Crippen molar-refractivity contribution >= 4 is 21.9 Å². The number of allylic oxidation sites excluding steroid dienone is 2. The molecule has 0 saturated carbocycles. The van der Waals surface area contributed by atoms with E-state index >= 15 is 0 Å². The Hall–Kier alpha value is -0.330. The second-order valence-electron chi connectivity index (χ2n) is 0.603. The van der Waals surface area contributed by atoms with Crippen molar-refractivity contribution in [1.29, 1.82) is 0 Å². The smallest absolute Gasteiger partial charge is 0.124 e. The molecule has 1 nitrogen and oxygen atoms in total. The van der Waals surface area contributed by atoms with Gasteiger partial charge in [-0.15, -0.1) is 0 Å². The molecular weight excluding hydrogens is 144 g/mol. The summed E-state index contributed by atoms with van der Waals surface area (Å²) in [5, 5.41) is 0. The van der Waals surface area contributed by atoms with Gasteiger partial charge in [-0.05, 0) is 11.1 Å². The summed E-state index contributed by atoms with van der Waals surface area (Å²) in [5.41, 5.74) is 0. The highest BCUT2D eigenvalue weighted by atomic mass is 79.9. The lowest BCUT2D eigenvalue weighted by molar-refractivity contribution is 0.569. The van der Waals surface area contributed by atoms with Crippen molar-refractivity contribution < 1.29 is 4.79 Å². The lowest BCUT2D eigenvalue weighted by Gasteiger charge is -1.52. The first-order valence-corrected chi connectivity index (χ1v) is 2.29. The molecule has 0 spiro atoms. The molecule has 0 aliphatic carbocycles. The molecule has 0 fully saturated rings. The summed E-state index contributed by atoms with van der Waals surface area (Å²) in [6.45, 7) is 0. The second-order valence-corrected chi connectivity index (χ2v) is 1.13. The number of halogens is 1. The van der Waals surface area contributed by atoms with Crippen LogP contribution in [0.2, 0.25) is 0 Å².